The molecule has 96 valence electrons. The molecule has 7 heteroatoms. The van der Waals surface area contributed by atoms with Gasteiger partial charge in [-0.15, -0.1) is 0 Å². The molecular weight excluding hydrogens is 258 g/mol. The number of fused-ring (bicyclic) bond motifs is 1. The minimum atomic E-state index is -3.73. The maximum atomic E-state index is 11.5. The van der Waals surface area contributed by atoms with Gasteiger partial charge in [-0.25, -0.2) is 4.79 Å². The first kappa shape index (κ1) is 12.6. The summed E-state index contributed by atoms with van der Waals surface area (Å²) < 4.78 is 33.4. The van der Waals surface area contributed by atoms with Crippen molar-refractivity contribution in [3.05, 3.63) is 30.5 Å². The molecule has 2 rings (SSSR count). The van der Waals surface area contributed by atoms with Crippen molar-refractivity contribution in [2.24, 2.45) is 0 Å². The molecule has 0 radical (unpaired) electrons. The number of ether oxygens (including phenoxy) is 1. The highest BCUT2D eigenvalue weighted by molar-refractivity contribution is 7.86. The summed E-state index contributed by atoms with van der Waals surface area (Å²) in [6, 6.07) is 5.97. The fraction of sp³-hybridized carbons (Fsp3) is 0.182. The van der Waals surface area contributed by atoms with Crippen molar-refractivity contribution in [3.8, 4) is 0 Å². The molecule has 1 aromatic heterocycles. The maximum absolute atomic E-state index is 11.5. The minimum Gasteiger partial charge on any atom is -0.452 e. The average molecular weight is 269 g/mol. The van der Waals surface area contributed by atoms with Gasteiger partial charge in [-0.1, -0.05) is 0 Å². The first-order chi connectivity index (χ1) is 8.49. The summed E-state index contributed by atoms with van der Waals surface area (Å²) in [5.74, 6) is 0. The van der Waals surface area contributed by atoms with Gasteiger partial charge in [-0.3, -0.25) is 8.75 Å². The van der Waals surface area contributed by atoms with Crippen molar-refractivity contribution in [2.75, 3.05) is 14.2 Å². The molecule has 0 aliphatic heterocycles. The van der Waals surface area contributed by atoms with E-state index >= 15 is 0 Å². The van der Waals surface area contributed by atoms with Crippen LogP contribution in [0, 0.1) is 0 Å². The van der Waals surface area contributed by atoms with Crippen molar-refractivity contribution in [1.29, 1.82) is 0 Å². The fourth-order valence-corrected chi connectivity index (χ4v) is 2.33. The first-order valence-electron chi connectivity index (χ1n) is 4.99. The summed E-state index contributed by atoms with van der Waals surface area (Å²) in [6.07, 6.45) is 0.979. The number of benzene rings is 1. The van der Waals surface area contributed by atoms with Gasteiger partial charge in [-0.2, -0.15) is 8.42 Å². The summed E-state index contributed by atoms with van der Waals surface area (Å²) in [4.78, 5) is 11.5. The SMILES string of the molecule is COC(=O)n1ccc2cc(S(=O)(=O)OC)ccc21. The van der Waals surface area contributed by atoms with Crippen molar-refractivity contribution >= 4 is 27.1 Å². The summed E-state index contributed by atoms with van der Waals surface area (Å²) in [6.45, 7) is 0. The molecular formula is C11H11NO5S. The number of hydrogen-bond donors (Lipinski definition) is 0. The van der Waals surface area contributed by atoms with E-state index in [1.165, 1.54) is 36.1 Å². The van der Waals surface area contributed by atoms with E-state index in [-0.39, 0.29) is 4.90 Å². The molecule has 0 fully saturated rings. The number of carbonyl (C=O) groups excluding carboxylic acids is 1. The van der Waals surface area contributed by atoms with Gasteiger partial charge in [0.25, 0.3) is 10.1 Å². The molecule has 0 saturated carbocycles. The molecule has 0 bridgehead atoms. The number of rotatable bonds is 2. The van der Waals surface area contributed by atoms with Crippen LogP contribution in [0.25, 0.3) is 10.9 Å². The quantitative estimate of drug-likeness (QED) is 0.774. The van der Waals surface area contributed by atoms with Gasteiger partial charge in [-0.05, 0) is 24.3 Å². The third-order valence-electron chi connectivity index (χ3n) is 2.54. The third kappa shape index (κ3) is 1.98. The van der Waals surface area contributed by atoms with E-state index in [1.807, 2.05) is 0 Å². The number of carbonyl (C=O) groups is 1. The lowest BCUT2D eigenvalue weighted by Gasteiger charge is -2.04. The number of hydrogen-bond acceptors (Lipinski definition) is 5. The first-order valence-corrected chi connectivity index (χ1v) is 6.40. The molecule has 1 heterocycles. The fourth-order valence-electron chi connectivity index (χ4n) is 1.63. The normalized spacial score (nSPS) is 11.7. The highest BCUT2D eigenvalue weighted by Gasteiger charge is 2.15. The molecule has 0 N–H and O–H groups in total. The summed E-state index contributed by atoms with van der Waals surface area (Å²) in [7, 11) is -1.36. The largest absolute Gasteiger partial charge is 0.452 e. The summed E-state index contributed by atoms with van der Waals surface area (Å²) >= 11 is 0. The number of nitrogens with zero attached hydrogens (tertiary/aromatic N) is 1. The van der Waals surface area contributed by atoms with Crippen LogP contribution in [-0.2, 0) is 19.0 Å². The van der Waals surface area contributed by atoms with Crippen LogP contribution in [-0.4, -0.2) is 33.3 Å². The summed E-state index contributed by atoms with van der Waals surface area (Å²) in [5.41, 5.74) is 0.567. The van der Waals surface area contributed by atoms with Crippen molar-refractivity contribution in [2.45, 2.75) is 4.90 Å². The van der Waals surface area contributed by atoms with Gasteiger partial charge in [0.15, 0.2) is 0 Å². The molecule has 2 aromatic rings. The van der Waals surface area contributed by atoms with E-state index < -0.39 is 16.2 Å². The Morgan fingerprint density at radius 3 is 2.56 bits per heavy atom. The minimum absolute atomic E-state index is 0.0418. The van der Waals surface area contributed by atoms with E-state index in [4.69, 9.17) is 0 Å². The molecule has 0 amide bonds. The molecule has 0 spiro atoms. The van der Waals surface area contributed by atoms with Crippen LogP contribution < -0.4 is 0 Å². The Kier molecular flexibility index (Phi) is 3.10. The van der Waals surface area contributed by atoms with Gasteiger partial charge in [0.05, 0.1) is 24.6 Å². The molecule has 0 saturated heterocycles. The van der Waals surface area contributed by atoms with E-state index in [0.717, 1.165) is 7.11 Å². The molecule has 18 heavy (non-hydrogen) atoms. The van der Waals surface area contributed by atoms with Gasteiger partial charge < -0.3 is 4.74 Å². The van der Waals surface area contributed by atoms with Crippen molar-refractivity contribution < 1.29 is 22.1 Å². The highest BCUT2D eigenvalue weighted by atomic mass is 32.2. The van der Waals surface area contributed by atoms with Gasteiger partial charge in [0.2, 0.25) is 0 Å². The molecule has 6 nitrogen and oxygen atoms in total. The zero-order chi connectivity index (χ0) is 13.3. The molecule has 0 aliphatic carbocycles. The van der Waals surface area contributed by atoms with Gasteiger partial charge in [0, 0.05) is 11.6 Å². The van der Waals surface area contributed by atoms with Crippen LogP contribution in [0.4, 0.5) is 4.79 Å². The predicted octanol–water partition coefficient (Wildman–Crippen LogP) is 1.59. The maximum Gasteiger partial charge on any atom is 0.418 e. The summed E-state index contributed by atoms with van der Waals surface area (Å²) in [5, 5.41) is 0.610. The number of methoxy groups -OCH3 is 1. The Hall–Kier alpha value is -1.86. The topological polar surface area (TPSA) is 74.6 Å². The highest BCUT2D eigenvalue weighted by Crippen LogP contribution is 2.21. The zero-order valence-electron chi connectivity index (χ0n) is 9.78. The van der Waals surface area contributed by atoms with E-state index in [9.17, 15) is 13.2 Å². The zero-order valence-corrected chi connectivity index (χ0v) is 10.6. The Morgan fingerprint density at radius 1 is 1.22 bits per heavy atom. The Morgan fingerprint density at radius 2 is 1.94 bits per heavy atom. The Balaban J connectivity index is 2.60. The Labute approximate surface area is 104 Å². The van der Waals surface area contributed by atoms with Crippen molar-refractivity contribution in [3.63, 3.8) is 0 Å². The van der Waals surface area contributed by atoms with E-state index in [2.05, 4.69) is 8.92 Å². The van der Waals surface area contributed by atoms with Gasteiger partial charge >= 0.3 is 6.09 Å². The van der Waals surface area contributed by atoms with Crippen LogP contribution in [0.3, 0.4) is 0 Å². The third-order valence-corrected chi connectivity index (χ3v) is 3.81. The van der Waals surface area contributed by atoms with Crippen molar-refractivity contribution in [1.82, 2.24) is 4.57 Å². The lowest BCUT2D eigenvalue weighted by molar-refractivity contribution is 0.174. The van der Waals surface area contributed by atoms with Crippen LogP contribution in [0.1, 0.15) is 0 Å². The monoisotopic (exact) mass is 269 g/mol. The Bertz CT molecular complexity index is 701. The second kappa shape index (κ2) is 4.43. The molecule has 1 aromatic carbocycles. The van der Waals surface area contributed by atoms with E-state index in [0.29, 0.717) is 10.9 Å². The standard InChI is InChI=1S/C11H11NO5S/c1-16-11(13)12-6-5-8-7-9(3-4-10(8)12)18(14,15)17-2/h3-7H,1-2H3. The second-order valence-corrected chi connectivity index (χ2v) is 5.21. The van der Waals surface area contributed by atoms with Crippen LogP contribution in [0.5, 0.6) is 0 Å². The van der Waals surface area contributed by atoms with Crippen LogP contribution in [0.15, 0.2) is 35.4 Å². The lowest BCUT2D eigenvalue weighted by Crippen LogP contribution is -2.09. The average Bonchev–Trinajstić information content (AvgIpc) is 2.80. The van der Waals surface area contributed by atoms with Crippen LogP contribution >= 0.6 is 0 Å². The lowest BCUT2D eigenvalue weighted by atomic mass is 10.2. The smallest absolute Gasteiger partial charge is 0.418 e. The molecule has 0 unspecified atom stereocenters. The van der Waals surface area contributed by atoms with Gasteiger partial charge in [0.1, 0.15) is 0 Å². The number of aromatic nitrogens is 1. The second-order valence-electron chi connectivity index (χ2n) is 3.50. The van der Waals surface area contributed by atoms with E-state index in [1.54, 1.807) is 6.07 Å². The predicted molar refractivity (Wildman–Crippen MR) is 63.9 cm³/mol. The van der Waals surface area contributed by atoms with Crippen LogP contribution in [0.2, 0.25) is 0 Å². The molecule has 0 aliphatic rings. The molecule has 0 atom stereocenters.